The average Bonchev–Trinajstić information content (AvgIpc) is 2.66. The summed E-state index contributed by atoms with van der Waals surface area (Å²) in [7, 11) is 0. The van der Waals surface area contributed by atoms with Gasteiger partial charge in [-0.15, -0.1) is 0 Å². The van der Waals surface area contributed by atoms with Crippen molar-refractivity contribution in [2.45, 2.75) is 44.1 Å². The highest BCUT2D eigenvalue weighted by Gasteiger charge is 2.44. The second-order valence-corrected chi connectivity index (χ2v) is 6.90. The number of phenolic OH excluding ortho intramolecular Hbond substituents is 2. The average molecular weight is 392 g/mol. The number of phenols is 2. The predicted octanol–water partition coefficient (Wildman–Crippen LogP) is 0.176. The lowest BCUT2D eigenvalue weighted by molar-refractivity contribution is -0.277. The van der Waals surface area contributed by atoms with E-state index in [1.54, 1.807) is 37.3 Å². The molecule has 0 radical (unpaired) electrons. The highest BCUT2D eigenvalue weighted by molar-refractivity contribution is 5.48. The molecule has 2 aromatic rings. The zero-order valence-corrected chi connectivity index (χ0v) is 15.3. The summed E-state index contributed by atoms with van der Waals surface area (Å²) in [6.45, 7) is 1.22. The number of benzene rings is 2. The molecule has 2 aromatic carbocycles. The number of aromatic hydroxyl groups is 2. The lowest BCUT2D eigenvalue weighted by atomic mass is 9.98. The van der Waals surface area contributed by atoms with Gasteiger partial charge in [0.2, 0.25) is 6.29 Å². The van der Waals surface area contributed by atoms with E-state index in [2.05, 4.69) is 0 Å². The Kier molecular flexibility index (Phi) is 6.07. The van der Waals surface area contributed by atoms with Crippen LogP contribution in [0, 0.1) is 6.92 Å². The minimum atomic E-state index is -1.56. The van der Waals surface area contributed by atoms with Gasteiger partial charge in [-0.2, -0.15) is 0 Å². The van der Waals surface area contributed by atoms with Gasteiger partial charge in [0.05, 0.1) is 6.61 Å². The van der Waals surface area contributed by atoms with Crippen LogP contribution in [0.3, 0.4) is 0 Å². The van der Waals surface area contributed by atoms with Crippen molar-refractivity contribution in [2.24, 2.45) is 0 Å². The van der Waals surface area contributed by atoms with Crippen molar-refractivity contribution >= 4 is 0 Å². The molecule has 0 spiro atoms. The largest absolute Gasteiger partial charge is 0.508 e. The van der Waals surface area contributed by atoms with Crippen LogP contribution in [0.1, 0.15) is 16.7 Å². The summed E-state index contributed by atoms with van der Waals surface area (Å²) in [5.41, 5.74) is 2.32. The molecule has 8 nitrogen and oxygen atoms in total. The highest BCUT2D eigenvalue weighted by Crippen LogP contribution is 2.33. The molecule has 3 rings (SSSR count). The lowest BCUT2D eigenvalue weighted by Crippen LogP contribution is -2.60. The summed E-state index contributed by atoms with van der Waals surface area (Å²) in [6.07, 6.45) is -6.63. The topological polar surface area (TPSA) is 140 Å². The smallest absolute Gasteiger partial charge is 0.229 e. The fraction of sp³-hybridized carbons (Fsp3) is 0.400. The fourth-order valence-corrected chi connectivity index (χ4v) is 3.21. The van der Waals surface area contributed by atoms with Gasteiger partial charge in [0.25, 0.3) is 0 Å². The van der Waals surface area contributed by atoms with Gasteiger partial charge in [-0.3, -0.25) is 0 Å². The van der Waals surface area contributed by atoms with Crippen LogP contribution in [0.5, 0.6) is 17.2 Å². The second-order valence-electron chi connectivity index (χ2n) is 6.90. The maximum absolute atomic E-state index is 10.2. The number of aliphatic hydroxyl groups excluding tert-OH is 4. The molecule has 1 fully saturated rings. The first-order chi connectivity index (χ1) is 13.3. The number of aliphatic hydroxyl groups is 4. The van der Waals surface area contributed by atoms with Crippen LogP contribution in [-0.2, 0) is 11.2 Å². The number of aryl methyl sites for hydroxylation is 1. The molecule has 0 unspecified atom stereocenters. The predicted molar refractivity (Wildman–Crippen MR) is 98.2 cm³/mol. The Hall–Kier alpha value is -2.36. The molecule has 28 heavy (non-hydrogen) atoms. The summed E-state index contributed by atoms with van der Waals surface area (Å²) in [5, 5.41) is 58.8. The minimum absolute atomic E-state index is 0.0495. The molecule has 0 aromatic heterocycles. The zero-order valence-electron chi connectivity index (χ0n) is 15.3. The van der Waals surface area contributed by atoms with Crippen molar-refractivity contribution in [3.05, 3.63) is 53.1 Å². The van der Waals surface area contributed by atoms with E-state index in [1.807, 2.05) is 0 Å². The molecule has 0 bridgehead atoms. The van der Waals surface area contributed by atoms with E-state index in [0.29, 0.717) is 12.0 Å². The van der Waals surface area contributed by atoms with Crippen molar-refractivity contribution in [1.82, 2.24) is 0 Å². The molecule has 1 heterocycles. The van der Waals surface area contributed by atoms with E-state index in [9.17, 15) is 30.6 Å². The van der Waals surface area contributed by atoms with Gasteiger partial charge in [0.15, 0.2) is 0 Å². The summed E-state index contributed by atoms with van der Waals surface area (Å²) in [4.78, 5) is 0. The van der Waals surface area contributed by atoms with Crippen LogP contribution in [0.25, 0.3) is 0 Å². The van der Waals surface area contributed by atoms with Crippen molar-refractivity contribution in [3.63, 3.8) is 0 Å². The Balaban J connectivity index is 1.89. The molecule has 1 aliphatic rings. The van der Waals surface area contributed by atoms with Crippen LogP contribution >= 0.6 is 0 Å². The molecule has 5 atom stereocenters. The molecular weight excluding hydrogens is 368 g/mol. The number of hydrogen-bond donors (Lipinski definition) is 6. The Morgan fingerprint density at radius 1 is 0.929 bits per heavy atom. The van der Waals surface area contributed by atoms with E-state index >= 15 is 0 Å². The summed E-state index contributed by atoms with van der Waals surface area (Å²) >= 11 is 0. The Bertz CT molecular complexity index is 805. The molecule has 1 aliphatic heterocycles. The molecule has 8 heteroatoms. The molecule has 0 saturated carbocycles. The van der Waals surface area contributed by atoms with Crippen LogP contribution in [-0.4, -0.2) is 68.0 Å². The monoisotopic (exact) mass is 392 g/mol. The first-order valence-electron chi connectivity index (χ1n) is 8.87. The van der Waals surface area contributed by atoms with Crippen molar-refractivity contribution in [3.8, 4) is 17.2 Å². The van der Waals surface area contributed by atoms with Crippen LogP contribution in [0.15, 0.2) is 36.4 Å². The van der Waals surface area contributed by atoms with E-state index in [4.69, 9.17) is 9.47 Å². The Morgan fingerprint density at radius 3 is 2.25 bits per heavy atom. The normalized spacial score (nSPS) is 27.5. The van der Waals surface area contributed by atoms with Crippen LogP contribution < -0.4 is 4.74 Å². The fourth-order valence-electron chi connectivity index (χ4n) is 3.21. The maximum Gasteiger partial charge on any atom is 0.229 e. The van der Waals surface area contributed by atoms with E-state index in [-0.39, 0.29) is 17.2 Å². The lowest BCUT2D eigenvalue weighted by Gasteiger charge is -2.39. The number of rotatable bonds is 5. The van der Waals surface area contributed by atoms with Gasteiger partial charge in [0, 0.05) is 18.1 Å². The molecule has 6 N–H and O–H groups in total. The zero-order chi connectivity index (χ0) is 20.4. The molecule has 152 valence electrons. The third-order valence-corrected chi connectivity index (χ3v) is 4.83. The van der Waals surface area contributed by atoms with E-state index in [1.165, 1.54) is 6.07 Å². The van der Waals surface area contributed by atoms with Crippen molar-refractivity contribution in [2.75, 3.05) is 6.61 Å². The quantitative estimate of drug-likeness (QED) is 0.423. The molecule has 0 aliphatic carbocycles. The standard InChI is InChI=1S/C20H24O8/c1-10-6-13(23)8-15(14(10)7-11-2-4-12(22)5-3-11)27-20-19(26)18(25)17(24)16(9-21)28-20/h2-6,8,16-26H,7,9H2,1H3/t16-,17-,18+,19-,20-/m1/s1. The first-order valence-corrected chi connectivity index (χ1v) is 8.87. The van der Waals surface area contributed by atoms with Gasteiger partial charge in [-0.1, -0.05) is 12.1 Å². The highest BCUT2D eigenvalue weighted by atomic mass is 16.7. The van der Waals surface area contributed by atoms with Gasteiger partial charge >= 0.3 is 0 Å². The van der Waals surface area contributed by atoms with Gasteiger partial charge < -0.3 is 40.1 Å². The first kappa shape index (κ1) is 20.4. The van der Waals surface area contributed by atoms with Gasteiger partial charge in [-0.05, 0) is 36.2 Å². The second kappa shape index (κ2) is 8.34. The molecule has 1 saturated heterocycles. The molecule has 0 amide bonds. The Morgan fingerprint density at radius 2 is 1.61 bits per heavy atom. The number of hydrogen-bond acceptors (Lipinski definition) is 8. The Labute approximate surface area is 161 Å². The third-order valence-electron chi connectivity index (χ3n) is 4.83. The van der Waals surface area contributed by atoms with Gasteiger partial charge in [0.1, 0.15) is 41.7 Å². The summed E-state index contributed by atoms with van der Waals surface area (Å²) in [6, 6.07) is 9.55. The van der Waals surface area contributed by atoms with Crippen molar-refractivity contribution < 1.29 is 40.1 Å². The molecular formula is C20H24O8. The maximum atomic E-state index is 10.2. The SMILES string of the molecule is Cc1cc(O)cc(O[C@@H]2O[C@H](CO)[C@@H](O)[C@H](O)[C@H]2O)c1Cc1ccc(O)cc1. The minimum Gasteiger partial charge on any atom is -0.508 e. The van der Waals surface area contributed by atoms with Crippen molar-refractivity contribution in [1.29, 1.82) is 0 Å². The van der Waals surface area contributed by atoms with Crippen LogP contribution in [0.4, 0.5) is 0 Å². The van der Waals surface area contributed by atoms with Crippen LogP contribution in [0.2, 0.25) is 0 Å². The van der Waals surface area contributed by atoms with E-state index < -0.39 is 37.3 Å². The van der Waals surface area contributed by atoms with Gasteiger partial charge in [-0.25, -0.2) is 0 Å². The number of ether oxygens (including phenoxy) is 2. The summed E-state index contributed by atoms with van der Waals surface area (Å²) in [5.74, 6) is 0.324. The third kappa shape index (κ3) is 4.21. The van der Waals surface area contributed by atoms with E-state index in [0.717, 1.165) is 11.1 Å². The summed E-state index contributed by atoms with van der Waals surface area (Å²) < 4.78 is 11.1.